The summed E-state index contributed by atoms with van der Waals surface area (Å²) < 4.78 is 1.65. The zero-order valence-electron chi connectivity index (χ0n) is 12.2. The van der Waals surface area contributed by atoms with Gasteiger partial charge >= 0.3 is 6.03 Å². The number of carbonyl (C=O) groups is 1. The second kappa shape index (κ2) is 5.57. The number of aromatic nitrogens is 2. The summed E-state index contributed by atoms with van der Waals surface area (Å²) in [4.78, 5) is 12.0. The number of nitrogens with zero attached hydrogens (tertiary/aromatic N) is 2. The fraction of sp³-hybridized carbons (Fsp3) is 0.333. The molecule has 0 fully saturated rings. The first-order valence-corrected chi connectivity index (χ1v) is 7.03. The monoisotopic (exact) mass is 285 g/mol. The molecule has 1 aromatic heterocycles. The lowest BCUT2D eigenvalue weighted by molar-refractivity contribution is 0.262. The van der Waals surface area contributed by atoms with Crippen LogP contribution in [0.3, 0.4) is 0 Å². The van der Waals surface area contributed by atoms with Gasteiger partial charge in [-0.2, -0.15) is 5.10 Å². The third kappa shape index (κ3) is 3.05. The number of aryl methyl sites for hydroxylation is 2. The van der Waals surface area contributed by atoms with Crippen LogP contribution in [-0.2, 0) is 20.0 Å². The van der Waals surface area contributed by atoms with Crippen LogP contribution in [-0.4, -0.2) is 22.4 Å². The van der Waals surface area contributed by atoms with Gasteiger partial charge in [0.25, 0.3) is 0 Å². The molecule has 0 atom stereocenters. The Bertz CT molecular complexity index is 677. The first-order chi connectivity index (χ1) is 10.1. The van der Waals surface area contributed by atoms with E-state index in [4.69, 9.17) is 0 Å². The smallest absolute Gasteiger partial charge is 0.312 e. The van der Waals surface area contributed by atoms with Crippen molar-refractivity contribution in [2.75, 3.05) is 17.2 Å². The average molecular weight is 285 g/mol. The molecule has 0 aliphatic carbocycles. The molecule has 1 aliphatic rings. The number of anilines is 2. The highest BCUT2D eigenvalue weighted by Gasteiger charge is 2.11. The van der Waals surface area contributed by atoms with Crippen LogP contribution >= 0.6 is 0 Å². The molecule has 0 saturated heterocycles. The fourth-order valence-corrected chi connectivity index (χ4v) is 2.56. The minimum Gasteiger partial charge on any atom is -0.312 e. The summed E-state index contributed by atoms with van der Waals surface area (Å²) in [5.41, 5.74) is 4.28. The number of carbonyl (C=O) groups excluding carboxylic acids is 1. The molecule has 2 aromatic rings. The molecule has 0 saturated carbocycles. The van der Waals surface area contributed by atoms with Gasteiger partial charge in [-0.15, -0.1) is 0 Å². The topological polar surface area (TPSA) is 71.0 Å². The van der Waals surface area contributed by atoms with Crippen LogP contribution in [0.25, 0.3) is 0 Å². The van der Waals surface area contributed by atoms with Crippen LogP contribution in [0, 0.1) is 6.92 Å². The Kier molecular flexibility index (Phi) is 3.62. The Balaban J connectivity index is 1.68. The molecule has 0 radical (unpaired) electrons. The molecule has 6 heteroatoms. The van der Waals surface area contributed by atoms with Crippen molar-refractivity contribution in [2.24, 2.45) is 7.05 Å². The molecule has 0 unspecified atom stereocenters. The molecule has 1 aromatic carbocycles. The summed E-state index contributed by atoms with van der Waals surface area (Å²) in [5.74, 6) is 0.673. The number of rotatable bonds is 2. The summed E-state index contributed by atoms with van der Waals surface area (Å²) in [7, 11) is 1.80. The Morgan fingerprint density at radius 3 is 2.90 bits per heavy atom. The van der Waals surface area contributed by atoms with Crippen molar-refractivity contribution in [1.82, 2.24) is 15.1 Å². The number of nitrogens with one attached hydrogen (secondary N) is 3. The number of urea groups is 1. The molecule has 1 aliphatic heterocycles. The van der Waals surface area contributed by atoms with Crippen LogP contribution in [0.2, 0.25) is 0 Å². The van der Waals surface area contributed by atoms with Crippen LogP contribution in [0.15, 0.2) is 24.3 Å². The second-order valence-electron chi connectivity index (χ2n) is 5.28. The van der Waals surface area contributed by atoms with Gasteiger partial charge in [0.2, 0.25) is 0 Å². The molecule has 0 spiro atoms. The first kappa shape index (κ1) is 13.6. The van der Waals surface area contributed by atoms with Crippen molar-refractivity contribution in [3.05, 3.63) is 41.1 Å². The third-order valence-corrected chi connectivity index (χ3v) is 3.59. The van der Waals surface area contributed by atoms with E-state index in [1.165, 1.54) is 11.1 Å². The van der Waals surface area contributed by atoms with Gasteiger partial charge in [0.05, 0.1) is 5.69 Å². The zero-order valence-corrected chi connectivity index (χ0v) is 12.2. The Morgan fingerprint density at radius 1 is 1.29 bits per heavy atom. The predicted molar refractivity (Wildman–Crippen MR) is 82.4 cm³/mol. The molecule has 110 valence electrons. The first-order valence-electron chi connectivity index (χ1n) is 7.03. The summed E-state index contributed by atoms with van der Waals surface area (Å²) in [6, 6.07) is 7.61. The number of amides is 2. The van der Waals surface area contributed by atoms with E-state index in [1.54, 1.807) is 11.7 Å². The average Bonchev–Trinajstić information content (AvgIpc) is 2.76. The molecular weight excluding hydrogens is 266 g/mol. The van der Waals surface area contributed by atoms with E-state index in [1.807, 2.05) is 25.1 Å². The quantitative estimate of drug-likeness (QED) is 0.790. The molecule has 2 heterocycles. The molecule has 3 rings (SSSR count). The highest BCUT2D eigenvalue weighted by atomic mass is 16.2. The highest BCUT2D eigenvalue weighted by molar-refractivity contribution is 5.99. The Labute approximate surface area is 123 Å². The van der Waals surface area contributed by atoms with E-state index in [-0.39, 0.29) is 6.03 Å². The number of hydrogen-bond acceptors (Lipinski definition) is 3. The maximum absolute atomic E-state index is 12.0. The molecule has 21 heavy (non-hydrogen) atoms. The predicted octanol–water partition coefficient (Wildman–Crippen LogP) is 2.02. The Morgan fingerprint density at radius 2 is 2.14 bits per heavy atom. The lowest BCUT2D eigenvalue weighted by Gasteiger charge is -2.18. The maximum atomic E-state index is 12.0. The summed E-state index contributed by atoms with van der Waals surface area (Å²) in [6.45, 7) is 3.77. The Hall–Kier alpha value is -2.34. The maximum Gasteiger partial charge on any atom is 0.324 e. The van der Waals surface area contributed by atoms with Crippen LogP contribution in [0.1, 0.15) is 16.8 Å². The van der Waals surface area contributed by atoms with Gasteiger partial charge in [0.15, 0.2) is 0 Å². The van der Waals surface area contributed by atoms with E-state index in [2.05, 4.69) is 27.1 Å². The van der Waals surface area contributed by atoms with Crippen molar-refractivity contribution in [2.45, 2.75) is 19.9 Å². The van der Waals surface area contributed by atoms with Crippen molar-refractivity contribution in [3.63, 3.8) is 0 Å². The lowest BCUT2D eigenvalue weighted by Crippen LogP contribution is -2.24. The van der Waals surface area contributed by atoms with Crippen molar-refractivity contribution in [3.8, 4) is 0 Å². The summed E-state index contributed by atoms with van der Waals surface area (Å²) >= 11 is 0. The minimum absolute atomic E-state index is 0.258. The summed E-state index contributed by atoms with van der Waals surface area (Å²) in [6.07, 6.45) is 0.993. The van der Waals surface area contributed by atoms with Gasteiger partial charge in [-0.1, -0.05) is 6.07 Å². The van der Waals surface area contributed by atoms with E-state index < -0.39 is 0 Å². The van der Waals surface area contributed by atoms with E-state index in [9.17, 15) is 4.79 Å². The van der Waals surface area contributed by atoms with Gasteiger partial charge in [0.1, 0.15) is 5.82 Å². The fourth-order valence-electron chi connectivity index (χ4n) is 2.56. The van der Waals surface area contributed by atoms with Gasteiger partial charge < -0.3 is 10.6 Å². The SMILES string of the molecule is Cc1cc(NC(=O)Nc2ccc3c(c2)CCNC3)n(C)n1. The number of fused-ring (bicyclic) bond motifs is 1. The second-order valence-corrected chi connectivity index (χ2v) is 5.28. The lowest BCUT2D eigenvalue weighted by atomic mass is 10.0. The van der Waals surface area contributed by atoms with Gasteiger partial charge in [0, 0.05) is 25.3 Å². The van der Waals surface area contributed by atoms with Crippen molar-refractivity contribution < 1.29 is 4.79 Å². The standard InChI is InChI=1S/C15H19N5O/c1-10-7-14(20(2)19-10)18-15(21)17-13-4-3-12-9-16-6-5-11(12)8-13/h3-4,7-8,16H,5-6,9H2,1-2H3,(H2,17,18,21). The number of hydrogen-bond donors (Lipinski definition) is 3. The van der Waals surface area contributed by atoms with Gasteiger partial charge in [-0.05, 0) is 43.1 Å². The van der Waals surface area contributed by atoms with Crippen LogP contribution < -0.4 is 16.0 Å². The zero-order chi connectivity index (χ0) is 14.8. The van der Waals surface area contributed by atoms with Crippen molar-refractivity contribution in [1.29, 1.82) is 0 Å². The van der Waals surface area contributed by atoms with E-state index in [0.717, 1.165) is 30.9 Å². The van der Waals surface area contributed by atoms with E-state index >= 15 is 0 Å². The van der Waals surface area contributed by atoms with Crippen LogP contribution in [0.4, 0.5) is 16.3 Å². The molecule has 3 N–H and O–H groups in total. The normalized spacial score (nSPS) is 13.6. The molecule has 6 nitrogen and oxygen atoms in total. The largest absolute Gasteiger partial charge is 0.324 e. The third-order valence-electron chi connectivity index (χ3n) is 3.59. The van der Waals surface area contributed by atoms with Gasteiger partial charge in [-0.25, -0.2) is 4.79 Å². The van der Waals surface area contributed by atoms with E-state index in [0.29, 0.717) is 5.82 Å². The van der Waals surface area contributed by atoms with Crippen molar-refractivity contribution >= 4 is 17.5 Å². The van der Waals surface area contributed by atoms with Gasteiger partial charge in [-0.3, -0.25) is 10.00 Å². The number of benzene rings is 1. The highest BCUT2D eigenvalue weighted by Crippen LogP contribution is 2.19. The minimum atomic E-state index is -0.258. The molecule has 2 amide bonds. The molecular formula is C15H19N5O. The molecule has 0 bridgehead atoms. The summed E-state index contributed by atoms with van der Waals surface area (Å²) in [5, 5.41) is 13.2. The van der Waals surface area contributed by atoms with Crippen LogP contribution in [0.5, 0.6) is 0 Å².